The van der Waals surface area contributed by atoms with Crippen LogP contribution >= 0.6 is 0 Å². The summed E-state index contributed by atoms with van der Waals surface area (Å²) in [7, 11) is 0. The van der Waals surface area contributed by atoms with Crippen LogP contribution in [0.15, 0.2) is 41.0 Å². The first-order valence-corrected chi connectivity index (χ1v) is 9.04. The van der Waals surface area contributed by atoms with Crippen molar-refractivity contribution in [2.24, 2.45) is 0 Å². The smallest absolute Gasteiger partial charge is 0.311 e. The molecule has 1 heterocycles. The average molecular weight is 364 g/mol. The van der Waals surface area contributed by atoms with Gasteiger partial charge in [0, 0.05) is 16.5 Å². The van der Waals surface area contributed by atoms with Gasteiger partial charge in [0.15, 0.2) is 6.10 Å². The number of esters is 1. The number of fused-ring (bicyclic) bond motifs is 1. The Morgan fingerprint density at radius 2 is 1.63 bits per heavy atom. The Hall–Kier alpha value is -2.88. The van der Waals surface area contributed by atoms with Crippen molar-refractivity contribution in [2.45, 2.75) is 47.1 Å². The molecule has 0 radical (unpaired) electrons. The maximum Gasteiger partial charge on any atom is 0.311 e. The molecular weight excluding hydrogens is 340 g/mol. The lowest BCUT2D eigenvalue weighted by molar-refractivity contribution is -0.145. The first kappa shape index (κ1) is 18.9. The van der Waals surface area contributed by atoms with Gasteiger partial charge in [-0.15, -0.1) is 0 Å². The fourth-order valence-electron chi connectivity index (χ4n) is 3.05. The maximum absolute atomic E-state index is 12.5. The van der Waals surface area contributed by atoms with E-state index in [1.165, 1.54) is 0 Å². The third-order valence-corrected chi connectivity index (χ3v) is 5.07. The zero-order valence-electron chi connectivity index (χ0n) is 16.4. The molecule has 3 aromatic rings. The summed E-state index contributed by atoms with van der Waals surface area (Å²) in [6.45, 7) is 9.60. The third-order valence-electron chi connectivity index (χ3n) is 5.07. The average Bonchev–Trinajstić information content (AvgIpc) is 2.98. The Balaban J connectivity index is 1.71. The third kappa shape index (κ3) is 3.95. The molecule has 1 atom stereocenters. The van der Waals surface area contributed by atoms with Crippen molar-refractivity contribution in [1.82, 2.24) is 0 Å². The predicted octanol–water partition coefficient (Wildman–Crippen LogP) is 5.02. The molecule has 0 aliphatic rings. The van der Waals surface area contributed by atoms with Gasteiger partial charge >= 0.3 is 5.97 Å². The van der Waals surface area contributed by atoms with E-state index in [4.69, 9.17) is 9.15 Å². The molecule has 0 N–H and O–H groups in total. The van der Waals surface area contributed by atoms with Crippen LogP contribution in [-0.4, -0.2) is 17.9 Å². The van der Waals surface area contributed by atoms with Crippen molar-refractivity contribution in [3.05, 3.63) is 70.0 Å². The number of hydrogen-bond donors (Lipinski definition) is 0. The van der Waals surface area contributed by atoms with Crippen molar-refractivity contribution in [3.63, 3.8) is 0 Å². The second-order valence-corrected chi connectivity index (χ2v) is 7.17. The molecule has 0 aliphatic carbocycles. The van der Waals surface area contributed by atoms with Crippen LogP contribution in [0.2, 0.25) is 0 Å². The van der Waals surface area contributed by atoms with Crippen LogP contribution in [0.1, 0.15) is 45.1 Å². The number of ketones is 1. The van der Waals surface area contributed by atoms with Gasteiger partial charge in [-0.1, -0.05) is 12.1 Å². The van der Waals surface area contributed by atoms with Gasteiger partial charge in [0.2, 0.25) is 5.78 Å². The number of rotatable bonds is 5. The number of hydrogen-bond acceptors (Lipinski definition) is 4. The first-order chi connectivity index (χ1) is 12.8. The van der Waals surface area contributed by atoms with Crippen LogP contribution in [-0.2, 0) is 16.0 Å². The summed E-state index contributed by atoms with van der Waals surface area (Å²) in [4.78, 5) is 24.9. The zero-order valence-corrected chi connectivity index (χ0v) is 16.4. The van der Waals surface area contributed by atoms with E-state index in [0.717, 1.165) is 38.8 Å². The van der Waals surface area contributed by atoms with Crippen molar-refractivity contribution < 1.29 is 18.7 Å². The molecule has 140 valence electrons. The maximum atomic E-state index is 12.5. The number of Topliss-reactive ketones (excluding diaryl/α,β-unsaturated/α-hetero) is 1. The normalized spacial score (nSPS) is 12.2. The molecule has 3 rings (SSSR count). The van der Waals surface area contributed by atoms with E-state index in [1.807, 2.05) is 52.0 Å². The Morgan fingerprint density at radius 3 is 2.33 bits per heavy atom. The van der Waals surface area contributed by atoms with Gasteiger partial charge < -0.3 is 9.15 Å². The van der Waals surface area contributed by atoms with Crippen LogP contribution in [0, 0.1) is 27.7 Å². The number of ether oxygens (including phenoxy) is 1. The summed E-state index contributed by atoms with van der Waals surface area (Å²) >= 11 is 0. The lowest BCUT2D eigenvalue weighted by Gasteiger charge is -2.13. The molecule has 0 bridgehead atoms. The first-order valence-electron chi connectivity index (χ1n) is 9.04. The van der Waals surface area contributed by atoms with Crippen molar-refractivity contribution >= 4 is 22.7 Å². The van der Waals surface area contributed by atoms with Gasteiger partial charge in [-0.3, -0.25) is 9.59 Å². The fourth-order valence-corrected chi connectivity index (χ4v) is 3.05. The molecule has 2 aromatic carbocycles. The Bertz CT molecular complexity index is 1030. The van der Waals surface area contributed by atoms with Crippen LogP contribution in [0.3, 0.4) is 0 Å². The van der Waals surface area contributed by atoms with Gasteiger partial charge in [0.1, 0.15) is 5.58 Å². The summed E-state index contributed by atoms with van der Waals surface area (Å²) in [6, 6.07) is 9.48. The molecule has 27 heavy (non-hydrogen) atoms. The lowest BCUT2D eigenvalue weighted by Crippen LogP contribution is -2.25. The highest BCUT2D eigenvalue weighted by Crippen LogP contribution is 2.25. The van der Waals surface area contributed by atoms with Crippen molar-refractivity contribution in [1.29, 1.82) is 0 Å². The molecule has 0 amide bonds. The lowest BCUT2D eigenvalue weighted by atomic mass is 10.0. The highest BCUT2D eigenvalue weighted by Gasteiger charge is 2.21. The fraction of sp³-hybridized carbons (Fsp3) is 0.304. The van der Waals surface area contributed by atoms with Gasteiger partial charge in [0.25, 0.3) is 0 Å². The second-order valence-electron chi connectivity index (χ2n) is 7.17. The number of furan rings is 1. The minimum Gasteiger partial charge on any atom is -0.464 e. The Kier molecular flexibility index (Phi) is 5.17. The molecule has 4 heteroatoms. The van der Waals surface area contributed by atoms with Crippen LogP contribution in [0.4, 0.5) is 0 Å². The highest BCUT2D eigenvalue weighted by atomic mass is 16.5. The van der Waals surface area contributed by atoms with Crippen LogP contribution in [0.25, 0.3) is 11.0 Å². The minimum atomic E-state index is -0.832. The SMILES string of the molecule is Cc1ccc(C(=O)[C@@H](C)OC(=O)Cc2coc3cc(C)c(C)cc23)cc1C. The summed E-state index contributed by atoms with van der Waals surface area (Å²) in [5, 5.41) is 0.906. The van der Waals surface area contributed by atoms with Gasteiger partial charge in [-0.2, -0.15) is 0 Å². The second kappa shape index (κ2) is 7.39. The molecule has 0 aliphatic heterocycles. The Morgan fingerprint density at radius 1 is 0.963 bits per heavy atom. The minimum absolute atomic E-state index is 0.0695. The quantitative estimate of drug-likeness (QED) is 0.471. The van der Waals surface area contributed by atoms with E-state index in [-0.39, 0.29) is 12.2 Å². The van der Waals surface area contributed by atoms with Crippen molar-refractivity contribution in [3.8, 4) is 0 Å². The van der Waals surface area contributed by atoms with E-state index in [9.17, 15) is 9.59 Å². The number of carbonyl (C=O) groups excluding carboxylic acids is 2. The number of carbonyl (C=O) groups is 2. The van der Waals surface area contributed by atoms with E-state index in [0.29, 0.717) is 5.56 Å². The van der Waals surface area contributed by atoms with E-state index in [2.05, 4.69) is 0 Å². The molecule has 1 aromatic heterocycles. The van der Waals surface area contributed by atoms with E-state index < -0.39 is 12.1 Å². The van der Waals surface area contributed by atoms with Crippen LogP contribution < -0.4 is 0 Å². The summed E-state index contributed by atoms with van der Waals surface area (Å²) in [5.41, 5.74) is 6.50. The summed E-state index contributed by atoms with van der Waals surface area (Å²) in [5.74, 6) is -0.643. The van der Waals surface area contributed by atoms with Gasteiger partial charge in [0.05, 0.1) is 12.7 Å². The molecule has 0 saturated heterocycles. The molecule has 4 nitrogen and oxygen atoms in total. The number of aryl methyl sites for hydroxylation is 4. The number of benzene rings is 2. The molecule has 0 unspecified atom stereocenters. The van der Waals surface area contributed by atoms with Gasteiger partial charge in [-0.25, -0.2) is 0 Å². The van der Waals surface area contributed by atoms with E-state index >= 15 is 0 Å². The predicted molar refractivity (Wildman–Crippen MR) is 105 cm³/mol. The van der Waals surface area contributed by atoms with Gasteiger partial charge in [-0.05, 0) is 75.1 Å². The molecule has 0 fully saturated rings. The topological polar surface area (TPSA) is 56.5 Å². The summed E-state index contributed by atoms with van der Waals surface area (Å²) in [6.07, 6.45) is 0.822. The Labute approximate surface area is 159 Å². The highest BCUT2D eigenvalue weighted by molar-refractivity contribution is 6.00. The zero-order chi connectivity index (χ0) is 19.7. The standard InChI is InChI=1S/C23H24O4/c1-13-6-7-18(8-14(13)2)23(25)17(5)27-22(24)11-19-12-26-21-10-16(4)15(3)9-20(19)21/h6-10,12,17H,11H2,1-5H3/t17-/m1/s1. The molecular formula is C23H24O4. The molecule has 0 spiro atoms. The summed E-state index contributed by atoms with van der Waals surface area (Å²) < 4.78 is 10.9. The van der Waals surface area contributed by atoms with E-state index in [1.54, 1.807) is 19.3 Å². The van der Waals surface area contributed by atoms with Crippen LogP contribution in [0.5, 0.6) is 0 Å². The molecule has 0 saturated carbocycles. The van der Waals surface area contributed by atoms with Crippen molar-refractivity contribution in [2.75, 3.05) is 0 Å². The largest absolute Gasteiger partial charge is 0.464 e. The monoisotopic (exact) mass is 364 g/mol.